The molecule has 0 aliphatic heterocycles. The summed E-state index contributed by atoms with van der Waals surface area (Å²) in [5.74, 6) is 3.67. The number of aryl methyl sites for hydroxylation is 1. The maximum absolute atomic E-state index is 10.3. The molecule has 3 aliphatic rings. The van der Waals surface area contributed by atoms with Crippen LogP contribution >= 0.6 is 0 Å². The normalized spacial score (nSPS) is 37.2. The predicted molar refractivity (Wildman–Crippen MR) is 83.7 cm³/mol. The van der Waals surface area contributed by atoms with Crippen molar-refractivity contribution in [1.29, 1.82) is 0 Å². The molecule has 0 saturated heterocycles. The first kappa shape index (κ1) is 13.2. The summed E-state index contributed by atoms with van der Waals surface area (Å²) in [6.07, 6.45) is 7.88. The third-order valence-corrected chi connectivity index (χ3v) is 6.47. The molecule has 1 aromatic carbocycles. The highest BCUT2D eigenvalue weighted by Crippen LogP contribution is 2.60. The fourth-order valence-electron chi connectivity index (χ4n) is 5.23. The van der Waals surface area contributed by atoms with Crippen molar-refractivity contribution in [2.75, 3.05) is 7.11 Å². The van der Waals surface area contributed by atoms with Crippen LogP contribution in [-0.4, -0.2) is 12.2 Å². The maximum Gasteiger partial charge on any atom is 0.119 e. The molecule has 0 bridgehead atoms. The SMILES string of the molecule is COc1ccc2c(c1)CC[C@@H]1[C@@H]2CC[C@]2(C)C(O)=CC[C@@H]12. The third kappa shape index (κ3) is 1.77. The Morgan fingerprint density at radius 1 is 1.29 bits per heavy atom. The summed E-state index contributed by atoms with van der Waals surface area (Å²) in [6.45, 7) is 2.27. The summed E-state index contributed by atoms with van der Waals surface area (Å²) < 4.78 is 5.37. The van der Waals surface area contributed by atoms with Crippen molar-refractivity contribution in [3.63, 3.8) is 0 Å². The molecule has 1 fully saturated rings. The number of ether oxygens (including phenoxy) is 1. The van der Waals surface area contributed by atoms with Crippen LogP contribution in [-0.2, 0) is 6.42 Å². The molecular weight excluding hydrogens is 260 g/mol. The lowest BCUT2D eigenvalue weighted by molar-refractivity contribution is 0.0477. The Hall–Kier alpha value is -1.44. The molecule has 0 aromatic heterocycles. The minimum Gasteiger partial charge on any atom is -0.512 e. The van der Waals surface area contributed by atoms with Crippen molar-refractivity contribution < 1.29 is 9.84 Å². The number of hydrogen-bond acceptors (Lipinski definition) is 2. The van der Waals surface area contributed by atoms with E-state index in [0.717, 1.165) is 30.9 Å². The van der Waals surface area contributed by atoms with Gasteiger partial charge < -0.3 is 9.84 Å². The van der Waals surface area contributed by atoms with Crippen LogP contribution in [0, 0.1) is 17.3 Å². The minimum atomic E-state index is 0.0468. The predicted octanol–water partition coefficient (Wildman–Crippen LogP) is 4.60. The van der Waals surface area contributed by atoms with Gasteiger partial charge in [-0.2, -0.15) is 0 Å². The molecule has 21 heavy (non-hydrogen) atoms. The van der Waals surface area contributed by atoms with E-state index in [0.29, 0.717) is 17.6 Å². The molecule has 1 N–H and O–H groups in total. The molecule has 0 radical (unpaired) electrons. The molecule has 0 amide bonds. The van der Waals surface area contributed by atoms with E-state index in [1.54, 1.807) is 12.7 Å². The lowest BCUT2D eigenvalue weighted by Crippen LogP contribution is -2.41. The minimum absolute atomic E-state index is 0.0468. The van der Waals surface area contributed by atoms with Crippen molar-refractivity contribution in [3.8, 4) is 5.75 Å². The van der Waals surface area contributed by atoms with Gasteiger partial charge in [0.1, 0.15) is 5.75 Å². The van der Waals surface area contributed by atoms with Crippen LogP contribution in [0.5, 0.6) is 5.75 Å². The summed E-state index contributed by atoms with van der Waals surface area (Å²) in [4.78, 5) is 0. The monoisotopic (exact) mass is 284 g/mol. The van der Waals surface area contributed by atoms with Crippen LogP contribution in [0.15, 0.2) is 30.0 Å². The van der Waals surface area contributed by atoms with Gasteiger partial charge in [-0.05, 0) is 79.2 Å². The number of hydrogen-bond donors (Lipinski definition) is 1. The Morgan fingerprint density at radius 3 is 2.95 bits per heavy atom. The van der Waals surface area contributed by atoms with Crippen LogP contribution in [0.3, 0.4) is 0 Å². The zero-order valence-corrected chi connectivity index (χ0v) is 12.9. The fourth-order valence-corrected chi connectivity index (χ4v) is 5.23. The van der Waals surface area contributed by atoms with Gasteiger partial charge in [-0.1, -0.05) is 13.0 Å². The molecule has 4 rings (SSSR count). The molecule has 4 atom stereocenters. The largest absolute Gasteiger partial charge is 0.512 e. The van der Waals surface area contributed by atoms with E-state index in [-0.39, 0.29) is 5.41 Å². The standard InChI is InChI=1S/C19H24O2/c1-19-10-9-15-14-6-4-13(21-2)11-12(14)3-5-16(15)17(19)7-8-18(19)20/h4,6,8,11,15-17,20H,3,5,7,9-10H2,1-2H3/t15-,16-,17+,19+/m1/s1. The molecule has 112 valence electrons. The molecule has 2 heteroatoms. The van der Waals surface area contributed by atoms with E-state index in [9.17, 15) is 5.11 Å². The summed E-state index contributed by atoms with van der Waals surface area (Å²) >= 11 is 0. The molecule has 1 saturated carbocycles. The quantitative estimate of drug-likeness (QED) is 0.816. The Bertz CT molecular complexity index is 604. The van der Waals surface area contributed by atoms with Gasteiger partial charge in [0, 0.05) is 5.41 Å². The molecule has 0 unspecified atom stereocenters. The first-order valence-electron chi connectivity index (χ1n) is 8.20. The van der Waals surface area contributed by atoms with Gasteiger partial charge in [0.15, 0.2) is 0 Å². The van der Waals surface area contributed by atoms with E-state index >= 15 is 0 Å². The van der Waals surface area contributed by atoms with Crippen LogP contribution in [0.2, 0.25) is 0 Å². The third-order valence-electron chi connectivity index (χ3n) is 6.47. The van der Waals surface area contributed by atoms with Gasteiger partial charge in [0.05, 0.1) is 12.9 Å². The first-order valence-corrected chi connectivity index (χ1v) is 8.20. The topological polar surface area (TPSA) is 29.5 Å². The number of fused-ring (bicyclic) bond motifs is 5. The summed E-state index contributed by atoms with van der Waals surface area (Å²) in [6, 6.07) is 6.62. The van der Waals surface area contributed by atoms with Gasteiger partial charge >= 0.3 is 0 Å². The summed E-state index contributed by atoms with van der Waals surface area (Å²) in [5.41, 5.74) is 3.07. The van der Waals surface area contributed by atoms with Gasteiger partial charge in [-0.25, -0.2) is 0 Å². The Labute approximate surface area is 126 Å². The summed E-state index contributed by atoms with van der Waals surface area (Å²) in [7, 11) is 1.74. The lowest BCUT2D eigenvalue weighted by atomic mass is 9.55. The van der Waals surface area contributed by atoms with Crippen LogP contribution in [0.25, 0.3) is 0 Å². The van der Waals surface area contributed by atoms with Crippen molar-refractivity contribution >= 4 is 0 Å². The van der Waals surface area contributed by atoms with Crippen LogP contribution < -0.4 is 4.74 Å². The van der Waals surface area contributed by atoms with Crippen molar-refractivity contribution in [3.05, 3.63) is 41.2 Å². The van der Waals surface area contributed by atoms with E-state index in [1.165, 1.54) is 18.4 Å². The highest BCUT2D eigenvalue weighted by Gasteiger charge is 2.52. The second kappa shape index (κ2) is 4.53. The van der Waals surface area contributed by atoms with Gasteiger partial charge in [-0.3, -0.25) is 0 Å². The second-order valence-corrected chi connectivity index (χ2v) is 7.26. The van der Waals surface area contributed by atoms with Gasteiger partial charge in [0.2, 0.25) is 0 Å². The van der Waals surface area contributed by atoms with Gasteiger partial charge in [0.25, 0.3) is 0 Å². The zero-order chi connectivity index (χ0) is 14.6. The highest BCUT2D eigenvalue weighted by atomic mass is 16.5. The first-order chi connectivity index (χ1) is 10.1. The average molecular weight is 284 g/mol. The number of methoxy groups -OCH3 is 1. The van der Waals surface area contributed by atoms with Gasteiger partial charge in [-0.15, -0.1) is 0 Å². The average Bonchev–Trinajstić information content (AvgIpc) is 2.82. The molecule has 1 aromatic rings. The fraction of sp³-hybridized carbons (Fsp3) is 0.579. The number of benzene rings is 1. The summed E-state index contributed by atoms with van der Waals surface area (Å²) in [5, 5.41) is 10.3. The smallest absolute Gasteiger partial charge is 0.119 e. The van der Waals surface area contributed by atoms with Crippen molar-refractivity contribution in [2.24, 2.45) is 17.3 Å². The number of rotatable bonds is 1. The molecular formula is C19H24O2. The second-order valence-electron chi connectivity index (χ2n) is 7.26. The Morgan fingerprint density at radius 2 is 2.14 bits per heavy atom. The molecule has 0 spiro atoms. The highest BCUT2D eigenvalue weighted by molar-refractivity contribution is 5.41. The van der Waals surface area contributed by atoms with E-state index < -0.39 is 0 Å². The van der Waals surface area contributed by atoms with E-state index in [2.05, 4.69) is 31.2 Å². The number of aliphatic hydroxyl groups excluding tert-OH is 1. The zero-order valence-electron chi connectivity index (χ0n) is 12.9. The van der Waals surface area contributed by atoms with Crippen molar-refractivity contribution in [2.45, 2.75) is 44.9 Å². The van der Waals surface area contributed by atoms with Crippen molar-refractivity contribution in [1.82, 2.24) is 0 Å². The maximum atomic E-state index is 10.3. The van der Waals surface area contributed by atoms with Crippen LogP contribution in [0.1, 0.15) is 49.7 Å². The number of aliphatic hydroxyl groups is 1. The van der Waals surface area contributed by atoms with E-state index in [4.69, 9.17) is 4.74 Å². The molecule has 2 nitrogen and oxygen atoms in total. The van der Waals surface area contributed by atoms with E-state index in [1.807, 2.05) is 0 Å². The molecule has 0 heterocycles. The van der Waals surface area contributed by atoms with Crippen LogP contribution in [0.4, 0.5) is 0 Å². The number of allylic oxidation sites excluding steroid dienone is 2. The Balaban J connectivity index is 1.69. The molecule has 3 aliphatic carbocycles. The lowest BCUT2D eigenvalue weighted by Gasteiger charge is -2.49. The Kier molecular flexibility index (Phi) is 2.85.